The first-order valence-electron chi connectivity index (χ1n) is 19.2. The Kier molecular flexibility index (Phi) is 20.8. The number of nitrogens with two attached hydrogens (primary N) is 1. The molecule has 8 unspecified atom stereocenters. The van der Waals surface area contributed by atoms with E-state index in [9.17, 15) is 63.0 Å². The van der Waals surface area contributed by atoms with Gasteiger partial charge in [-0.1, -0.05) is 64.6 Å². The second-order valence-corrected chi connectivity index (χ2v) is 20.1. The molecule has 1 saturated heterocycles. The molecular weight excluding hydrogens is 895 g/mol. The van der Waals surface area contributed by atoms with E-state index in [2.05, 4.69) is 41.3 Å². The Morgan fingerprint density at radius 1 is 0.967 bits per heavy atom. The summed E-state index contributed by atoms with van der Waals surface area (Å²) in [6.45, 7) is 2.55. The van der Waals surface area contributed by atoms with Gasteiger partial charge in [0.25, 0.3) is 0 Å². The van der Waals surface area contributed by atoms with Gasteiger partial charge in [-0.3, -0.25) is 32.5 Å². The van der Waals surface area contributed by atoms with E-state index >= 15 is 0 Å². The molecule has 29 heteroatoms. The SMILES string of the molecule is CCCCCCCC(O)CCC(=O)SCCNC(=O)CCNC(=O)C(O)C(C)(C)COP(=O)(O)OP(=O)(O)OCC1OC(n2cnc3c(N)ncnc32)C(O)C1OP(=O)(O)O. The minimum Gasteiger partial charge on any atom is -0.393 e. The van der Waals surface area contributed by atoms with Crippen LogP contribution in [-0.4, -0.2) is 134 Å². The fourth-order valence-electron chi connectivity index (χ4n) is 5.78. The summed E-state index contributed by atoms with van der Waals surface area (Å²) in [4.78, 5) is 88.0. The van der Waals surface area contributed by atoms with Crippen LogP contribution < -0.4 is 16.4 Å². The number of nitrogen functional groups attached to an aromatic ring is 1. The lowest BCUT2D eigenvalue weighted by Crippen LogP contribution is -2.46. The smallest absolute Gasteiger partial charge is 0.393 e. The number of anilines is 1. The molecule has 1 aliphatic rings. The lowest BCUT2D eigenvalue weighted by atomic mass is 9.87. The Morgan fingerprint density at radius 2 is 1.66 bits per heavy atom. The predicted octanol–water partition coefficient (Wildman–Crippen LogP) is 1.17. The van der Waals surface area contributed by atoms with Crippen LogP contribution in [0.4, 0.5) is 5.82 Å². The largest absolute Gasteiger partial charge is 0.481 e. The predicted molar refractivity (Wildman–Crippen MR) is 216 cm³/mol. The molecule has 2 aromatic rings. The zero-order chi connectivity index (χ0) is 45.6. The molecule has 0 aromatic carbocycles. The number of carbonyl (C=O) groups excluding carboxylic acids is 3. The summed E-state index contributed by atoms with van der Waals surface area (Å²) in [5.74, 6) is -1.18. The lowest BCUT2D eigenvalue weighted by Gasteiger charge is -2.30. The van der Waals surface area contributed by atoms with E-state index < -0.39 is 90.7 Å². The van der Waals surface area contributed by atoms with Crippen molar-refractivity contribution >= 4 is 69.1 Å². The van der Waals surface area contributed by atoms with Crippen LogP contribution in [0.15, 0.2) is 12.7 Å². The van der Waals surface area contributed by atoms with E-state index in [-0.39, 0.29) is 48.0 Å². The van der Waals surface area contributed by atoms with E-state index in [0.717, 1.165) is 61.1 Å². The molecule has 11 N–H and O–H groups in total. The second-order valence-electron chi connectivity index (χ2n) is 14.7. The number of carbonyl (C=O) groups is 3. The molecule has 1 fully saturated rings. The Hall–Kier alpha value is -2.48. The number of thioether (sulfide) groups is 1. The Labute approximate surface area is 355 Å². The molecule has 348 valence electrons. The highest BCUT2D eigenvalue weighted by Crippen LogP contribution is 2.61. The van der Waals surface area contributed by atoms with Crippen LogP contribution in [-0.2, 0) is 50.7 Å². The van der Waals surface area contributed by atoms with Gasteiger partial charge in [0.05, 0.1) is 25.6 Å². The maximum atomic E-state index is 12.7. The first-order chi connectivity index (χ1) is 28.4. The minimum absolute atomic E-state index is 0.0278. The van der Waals surface area contributed by atoms with Crippen LogP contribution in [0.5, 0.6) is 0 Å². The zero-order valence-corrected chi connectivity index (χ0v) is 37.3. The highest BCUT2D eigenvalue weighted by Gasteiger charge is 2.50. The molecule has 0 spiro atoms. The van der Waals surface area contributed by atoms with E-state index in [1.807, 2.05) is 0 Å². The number of aromatic nitrogens is 4. The monoisotopic (exact) mass is 951 g/mol. The third kappa shape index (κ3) is 17.9. The number of rotatable bonds is 28. The van der Waals surface area contributed by atoms with Gasteiger partial charge in [-0.05, 0) is 12.8 Å². The van der Waals surface area contributed by atoms with Crippen molar-refractivity contribution in [3.8, 4) is 0 Å². The van der Waals surface area contributed by atoms with Crippen LogP contribution in [0.2, 0.25) is 0 Å². The normalized spacial score (nSPS) is 21.4. The molecule has 0 bridgehead atoms. The zero-order valence-electron chi connectivity index (χ0n) is 33.8. The van der Waals surface area contributed by atoms with Crippen molar-refractivity contribution in [1.82, 2.24) is 30.2 Å². The van der Waals surface area contributed by atoms with Gasteiger partial charge in [0, 0.05) is 37.1 Å². The van der Waals surface area contributed by atoms with Gasteiger partial charge in [0.15, 0.2) is 22.8 Å². The van der Waals surface area contributed by atoms with Gasteiger partial charge in [-0.15, -0.1) is 0 Å². The van der Waals surface area contributed by atoms with Crippen LogP contribution in [0.25, 0.3) is 11.2 Å². The highest BCUT2D eigenvalue weighted by atomic mass is 32.2. The molecule has 2 aromatic heterocycles. The fraction of sp³-hybridized carbons (Fsp3) is 0.750. The number of phosphoric ester groups is 3. The average Bonchev–Trinajstić information content (AvgIpc) is 3.73. The maximum Gasteiger partial charge on any atom is 0.481 e. The van der Waals surface area contributed by atoms with Crippen LogP contribution in [0.3, 0.4) is 0 Å². The number of phosphoric acid groups is 3. The number of nitrogens with one attached hydrogen (secondary N) is 2. The van der Waals surface area contributed by atoms with E-state index in [1.165, 1.54) is 13.8 Å². The Balaban J connectivity index is 1.40. The molecule has 0 aliphatic carbocycles. The van der Waals surface area contributed by atoms with Crippen LogP contribution >= 0.6 is 35.2 Å². The van der Waals surface area contributed by atoms with Gasteiger partial charge in [0.2, 0.25) is 11.8 Å². The highest BCUT2D eigenvalue weighted by molar-refractivity contribution is 8.13. The summed E-state index contributed by atoms with van der Waals surface area (Å²) in [7, 11) is -16.4. The number of nitrogens with zero attached hydrogens (tertiary/aromatic N) is 4. The fourth-order valence-corrected chi connectivity index (χ4v) is 9.30. The third-order valence-electron chi connectivity index (χ3n) is 9.09. The molecule has 8 atom stereocenters. The molecule has 1 aliphatic heterocycles. The maximum absolute atomic E-state index is 12.7. The summed E-state index contributed by atoms with van der Waals surface area (Å²) in [6, 6.07) is 0. The summed E-state index contributed by atoms with van der Waals surface area (Å²) in [6.07, 6.45) is -0.840. The lowest BCUT2D eigenvalue weighted by molar-refractivity contribution is -0.137. The number of ether oxygens (including phenoxy) is 1. The van der Waals surface area contributed by atoms with Crippen molar-refractivity contribution in [3.05, 3.63) is 12.7 Å². The summed E-state index contributed by atoms with van der Waals surface area (Å²) in [5.41, 5.74) is 4.25. The number of hydrogen-bond acceptors (Lipinski definition) is 19. The number of aliphatic hydroxyl groups excluding tert-OH is 3. The quantitative estimate of drug-likeness (QED) is 0.0422. The molecule has 0 radical (unpaired) electrons. The van der Waals surface area contributed by atoms with Gasteiger partial charge >= 0.3 is 23.5 Å². The minimum atomic E-state index is -5.58. The number of fused-ring (bicyclic) bond motifs is 1. The summed E-state index contributed by atoms with van der Waals surface area (Å²) >= 11 is 1.04. The number of hydrogen-bond donors (Lipinski definition) is 10. The summed E-state index contributed by atoms with van der Waals surface area (Å²) < 4.78 is 62.2. The van der Waals surface area contributed by atoms with Gasteiger partial charge < -0.3 is 56.0 Å². The van der Waals surface area contributed by atoms with Crippen molar-refractivity contribution < 1.29 is 85.6 Å². The number of amides is 2. The molecule has 0 saturated carbocycles. The molecule has 61 heavy (non-hydrogen) atoms. The number of imidazole rings is 1. The standard InChI is InChI=1S/C32H56N7O18P3S/c1-4-5-6-7-8-9-20(40)10-11-23(42)61-15-14-34-22(41)12-13-35-30(45)27(44)32(2,3)17-54-60(51,52)57-59(49,50)53-16-21-26(56-58(46,47)48)25(43)31(55-21)39-19-38-24-28(33)36-18-37-29(24)39/h18-21,25-27,31,40,43-44H,4-17H2,1-3H3,(H,34,41)(H,35,45)(H,49,50)(H,51,52)(H2,33,36,37)(H2,46,47,48). The van der Waals surface area contributed by atoms with Crippen molar-refractivity contribution in [1.29, 1.82) is 0 Å². The van der Waals surface area contributed by atoms with E-state index in [4.69, 9.17) is 19.5 Å². The van der Waals surface area contributed by atoms with Gasteiger partial charge in [-0.2, -0.15) is 4.31 Å². The summed E-state index contributed by atoms with van der Waals surface area (Å²) in [5, 5.41) is 36.4. The van der Waals surface area contributed by atoms with Gasteiger partial charge in [0.1, 0.15) is 36.3 Å². The topological polar surface area (TPSA) is 384 Å². The first kappa shape index (κ1) is 52.9. The average molecular weight is 952 g/mol. The number of aliphatic hydroxyl groups is 3. The molecule has 25 nitrogen and oxygen atoms in total. The van der Waals surface area contributed by atoms with E-state index in [1.54, 1.807) is 0 Å². The second kappa shape index (κ2) is 24.0. The third-order valence-corrected chi connectivity index (χ3v) is 13.1. The van der Waals surface area contributed by atoms with Crippen molar-refractivity contribution in [2.45, 2.75) is 115 Å². The van der Waals surface area contributed by atoms with Crippen LogP contribution in [0, 0.1) is 5.41 Å². The van der Waals surface area contributed by atoms with Crippen molar-refractivity contribution in [2.24, 2.45) is 5.41 Å². The molecule has 3 heterocycles. The van der Waals surface area contributed by atoms with Crippen molar-refractivity contribution in [3.63, 3.8) is 0 Å². The Morgan fingerprint density at radius 3 is 2.34 bits per heavy atom. The van der Waals surface area contributed by atoms with Gasteiger partial charge in [-0.25, -0.2) is 28.6 Å². The molecule has 2 amide bonds. The van der Waals surface area contributed by atoms with E-state index in [0.29, 0.717) is 18.6 Å². The molecule has 3 rings (SSSR count). The van der Waals surface area contributed by atoms with Crippen molar-refractivity contribution in [2.75, 3.05) is 37.8 Å². The van der Waals surface area contributed by atoms with Crippen LogP contribution in [0.1, 0.15) is 84.8 Å². The Bertz CT molecular complexity index is 1910. The first-order valence-corrected chi connectivity index (χ1v) is 24.7. The molecular formula is C32H56N7O18P3S. The number of unbranched alkanes of at least 4 members (excludes halogenated alkanes) is 4.